The second-order valence-electron chi connectivity index (χ2n) is 4.10. The maximum atomic E-state index is 13.1. The minimum atomic E-state index is -4.98. The Kier molecular flexibility index (Phi) is 3.17. The quantitative estimate of drug-likeness (QED) is 0.902. The van der Waals surface area contributed by atoms with E-state index in [1.165, 1.54) is 19.1 Å². The van der Waals surface area contributed by atoms with E-state index < -0.39 is 17.9 Å². The highest BCUT2D eigenvalue weighted by Gasteiger charge is 2.66. The van der Waals surface area contributed by atoms with Crippen LogP contribution in [0.4, 0.5) is 18.9 Å². The highest BCUT2D eigenvalue weighted by atomic mass is 19.4. The molecule has 0 aliphatic carbocycles. The number of hydrogen-bond donors (Lipinski definition) is 1. The molecule has 0 radical (unpaired) electrons. The number of aryl methyl sites for hydroxylation is 1. The predicted molar refractivity (Wildman–Crippen MR) is 60.8 cm³/mol. The topological polar surface area (TPSA) is 47.6 Å². The van der Waals surface area contributed by atoms with Crippen LogP contribution in [0.5, 0.6) is 5.75 Å². The summed E-state index contributed by atoms with van der Waals surface area (Å²) in [6, 6.07) is 4.48. The van der Waals surface area contributed by atoms with Crippen molar-refractivity contribution in [1.29, 1.82) is 0 Å². The number of alkyl halides is 3. The van der Waals surface area contributed by atoms with Gasteiger partial charge in [0.1, 0.15) is 5.75 Å². The molecule has 4 nitrogen and oxygen atoms in total. The van der Waals surface area contributed by atoms with Gasteiger partial charge in [0.25, 0.3) is 0 Å². The van der Waals surface area contributed by atoms with Crippen LogP contribution >= 0.6 is 0 Å². The van der Waals surface area contributed by atoms with Crippen molar-refractivity contribution in [2.75, 3.05) is 11.9 Å². The first-order valence-corrected chi connectivity index (χ1v) is 5.62. The summed E-state index contributed by atoms with van der Waals surface area (Å²) in [5, 5.41) is 2.17. The van der Waals surface area contributed by atoms with Crippen molar-refractivity contribution >= 4 is 11.6 Å². The number of amides is 1. The first kappa shape index (κ1) is 13.7. The first-order valence-electron chi connectivity index (χ1n) is 5.62. The lowest BCUT2D eigenvalue weighted by Gasteiger charge is -2.37. The van der Waals surface area contributed by atoms with Gasteiger partial charge in [-0.25, -0.2) is 0 Å². The Bertz CT molecular complexity index is 515. The van der Waals surface area contributed by atoms with E-state index in [1.807, 2.05) is 0 Å². The fraction of sp³-hybridized carbons (Fsp3) is 0.417. The van der Waals surface area contributed by atoms with Crippen LogP contribution in [0, 0.1) is 6.92 Å². The van der Waals surface area contributed by atoms with E-state index in [1.54, 1.807) is 13.0 Å². The van der Waals surface area contributed by atoms with Gasteiger partial charge in [-0.2, -0.15) is 13.2 Å². The molecule has 1 aliphatic heterocycles. The maximum Gasteiger partial charge on any atom is 0.466 e. The van der Waals surface area contributed by atoms with E-state index in [4.69, 9.17) is 4.74 Å². The molecule has 0 aromatic heterocycles. The zero-order valence-electron chi connectivity index (χ0n) is 10.3. The van der Waals surface area contributed by atoms with E-state index in [0.29, 0.717) is 0 Å². The van der Waals surface area contributed by atoms with Gasteiger partial charge in [-0.1, -0.05) is 6.07 Å². The number of rotatable bonds is 2. The van der Waals surface area contributed by atoms with Crippen molar-refractivity contribution in [2.45, 2.75) is 25.8 Å². The summed E-state index contributed by atoms with van der Waals surface area (Å²) >= 11 is 0. The molecule has 1 atom stereocenters. The van der Waals surface area contributed by atoms with Gasteiger partial charge in [-0.05, 0) is 31.5 Å². The smallest absolute Gasteiger partial charge is 0.444 e. The largest absolute Gasteiger partial charge is 0.466 e. The summed E-state index contributed by atoms with van der Waals surface area (Å²) < 4.78 is 48.7. The average Bonchev–Trinajstić information content (AvgIpc) is 2.29. The van der Waals surface area contributed by atoms with Crippen LogP contribution in [0.1, 0.15) is 12.5 Å². The second-order valence-corrected chi connectivity index (χ2v) is 4.10. The lowest BCUT2D eigenvalue weighted by molar-refractivity contribution is -0.331. The highest BCUT2D eigenvalue weighted by molar-refractivity contribution is 6.00. The van der Waals surface area contributed by atoms with Crippen molar-refractivity contribution in [3.63, 3.8) is 0 Å². The molecule has 1 aromatic rings. The lowest BCUT2D eigenvalue weighted by Crippen LogP contribution is -2.62. The van der Waals surface area contributed by atoms with Gasteiger partial charge in [0.05, 0.1) is 5.69 Å². The average molecular weight is 275 g/mol. The Labute approximate surface area is 107 Å². The number of benzene rings is 1. The molecule has 1 N–H and O–H groups in total. The molecule has 0 bridgehead atoms. The van der Waals surface area contributed by atoms with Crippen LogP contribution in [0.2, 0.25) is 0 Å². The summed E-state index contributed by atoms with van der Waals surface area (Å²) in [7, 11) is 0. The molecule has 7 heteroatoms. The zero-order chi connectivity index (χ0) is 14.3. The van der Waals surface area contributed by atoms with Crippen molar-refractivity contribution in [3.8, 4) is 5.75 Å². The Morgan fingerprint density at radius 2 is 2.11 bits per heavy atom. The van der Waals surface area contributed by atoms with E-state index in [9.17, 15) is 18.0 Å². The molecule has 0 saturated carbocycles. The molecule has 2 rings (SSSR count). The molecular formula is C12H12F3NO3. The Morgan fingerprint density at radius 1 is 1.42 bits per heavy atom. The summed E-state index contributed by atoms with van der Waals surface area (Å²) in [5.74, 6) is -4.74. The van der Waals surface area contributed by atoms with Gasteiger partial charge in [0.15, 0.2) is 0 Å². The van der Waals surface area contributed by atoms with Gasteiger partial charge in [-0.3, -0.25) is 4.79 Å². The summed E-state index contributed by atoms with van der Waals surface area (Å²) in [4.78, 5) is 11.7. The first-order chi connectivity index (χ1) is 8.80. The van der Waals surface area contributed by atoms with Crippen molar-refractivity contribution < 1.29 is 27.4 Å². The summed E-state index contributed by atoms with van der Waals surface area (Å²) in [6.45, 7) is 2.80. The van der Waals surface area contributed by atoms with Gasteiger partial charge in [0.2, 0.25) is 0 Å². The van der Waals surface area contributed by atoms with Crippen molar-refractivity contribution in [3.05, 3.63) is 23.8 Å². The van der Waals surface area contributed by atoms with Crippen LogP contribution in [-0.4, -0.2) is 24.5 Å². The molecule has 0 spiro atoms. The Hall–Kier alpha value is -1.76. The third-order valence-electron chi connectivity index (χ3n) is 2.66. The third kappa shape index (κ3) is 2.14. The zero-order valence-corrected chi connectivity index (χ0v) is 10.3. The van der Waals surface area contributed by atoms with Crippen LogP contribution in [0.15, 0.2) is 18.2 Å². The van der Waals surface area contributed by atoms with E-state index in [2.05, 4.69) is 10.1 Å². The number of hydrogen-bond acceptors (Lipinski definition) is 3. The molecule has 0 fully saturated rings. The number of fused-ring (bicyclic) bond motifs is 1. The van der Waals surface area contributed by atoms with Gasteiger partial charge in [-0.15, -0.1) is 0 Å². The molecule has 0 unspecified atom stereocenters. The minimum absolute atomic E-state index is 0.0732. The number of halogens is 3. The number of carbonyl (C=O) groups is 1. The molecule has 104 valence electrons. The molecule has 1 heterocycles. The number of carbonyl (C=O) groups excluding carboxylic acids is 1. The molecule has 1 amide bonds. The fourth-order valence-corrected chi connectivity index (χ4v) is 1.80. The Balaban J connectivity index is 2.49. The van der Waals surface area contributed by atoms with Gasteiger partial charge in [0, 0.05) is 6.61 Å². The molecule has 1 aromatic carbocycles. The van der Waals surface area contributed by atoms with Crippen LogP contribution in [0.25, 0.3) is 0 Å². The van der Waals surface area contributed by atoms with Crippen LogP contribution < -0.4 is 10.1 Å². The molecule has 1 aliphatic rings. The van der Waals surface area contributed by atoms with Crippen molar-refractivity contribution in [1.82, 2.24) is 0 Å². The Morgan fingerprint density at radius 3 is 2.68 bits per heavy atom. The van der Waals surface area contributed by atoms with E-state index in [0.717, 1.165) is 5.56 Å². The monoisotopic (exact) mass is 275 g/mol. The SMILES string of the molecule is CCO[C@]1(C(F)(F)F)Oc2ccc(C)cc2NC1=O. The molecule has 0 saturated heterocycles. The maximum absolute atomic E-state index is 13.1. The van der Waals surface area contributed by atoms with Crippen LogP contribution in [-0.2, 0) is 9.53 Å². The number of anilines is 1. The van der Waals surface area contributed by atoms with Crippen LogP contribution in [0.3, 0.4) is 0 Å². The summed E-state index contributed by atoms with van der Waals surface area (Å²) in [6.07, 6.45) is -4.98. The third-order valence-corrected chi connectivity index (χ3v) is 2.66. The highest BCUT2D eigenvalue weighted by Crippen LogP contribution is 2.42. The normalized spacial score (nSPS) is 22.5. The number of ether oxygens (including phenoxy) is 2. The minimum Gasteiger partial charge on any atom is -0.444 e. The second kappa shape index (κ2) is 4.41. The molecule has 19 heavy (non-hydrogen) atoms. The van der Waals surface area contributed by atoms with Gasteiger partial charge >= 0.3 is 17.9 Å². The van der Waals surface area contributed by atoms with E-state index >= 15 is 0 Å². The molecular weight excluding hydrogens is 263 g/mol. The standard InChI is InChI=1S/C12H12F3NO3/c1-3-18-11(12(13,14)15)10(17)16-8-6-7(2)4-5-9(8)19-11/h4-6H,3H2,1-2H3,(H,16,17)/t11-/m0/s1. The van der Waals surface area contributed by atoms with E-state index in [-0.39, 0.29) is 18.0 Å². The summed E-state index contributed by atoms with van der Waals surface area (Å²) in [5.41, 5.74) is 0.989. The van der Waals surface area contributed by atoms with Gasteiger partial charge < -0.3 is 14.8 Å². The number of nitrogens with one attached hydrogen (secondary N) is 1. The lowest BCUT2D eigenvalue weighted by atomic mass is 10.1. The predicted octanol–water partition coefficient (Wildman–Crippen LogP) is 2.62. The fourth-order valence-electron chi connectivity index (χ4n) is 1.80. The van der Waals surface area contributed by atoms with Crippen molar-refractivity contribution in [2.24, 2.45) is 0 Å².